The van der Waals surface area contributed by atoms with Crippen molar-refractivity contribution in [2.75, 3.05) is 0 Å². The highest BCUT2D eigenvalue weighted by atomic mass is 16.5. The minimum Gasteiger partial charge on any atom is -0.508 e. The maximum Gasteiger partial charge on any atom is 0.123 e. The summed E-state index contributed by atoms with van der Waals surface area (Å²) in [6, 6.07) is 13.3. The van der Waals surface area contributed by atoms with E-state index in [1.165, 1.54) is 5.56 Å². The van der Waals surface area contributed by atoms with Gasteiger partial charge in [0, 0.05) is 6.04 Å². The Labute approximate surface area is 120 Å². The van der Waals surface area contributed by atoms with Crippen LogP contribution in [-0.2, 0) is 13.0 Å². The van der Waals surface area contributed by atoms with Crippen LogP contribution in [0.4, 0.5) is 0 Å². The standard InChI is InChI=1S/C17H21NO2/c1-12-6-7-17(15(8-12)9-13(2)18)20-11-14-4-3-5-16(19)10-14/h3-8,10,13,19H,9,11,18H2,1-2H3. The first-order valence-electron chi connectivity index (χ1n) is 6.80. The first-order valence-corrected chi connectivity index (χ1v) is 6.80. The highest BCUT2D eigenvalue weighted by Crippen LogP contribution is 2.23. The van der Waals surface area contributed by atoms with E-state index in [0.29, 0.717) is 6.61 Å². The van der Waals surface area contributed by atoms with Crippen molar-refractivity contribution in [2.45, 2.75) is 32.9 Å². The van der Waals surface area contributed by atoms with Crippen molar-refractivity contribution in [2.24, 2.45) is 5.73 Å². The van der Waals surface area contributed by atoms with Crippen molar-refractivity contribution in [3.63, 3.8) is 0 Å². The third-order valence-electron chi connectivity index (χ3n) is 3.06. The van der Waals surface area contributed by atoms with Crippen LogP contribution in [0.25, 0.3) is 0 Å². The number of phenolic OH excluding ortho intramolecular Hbond substituents is 1. The molecule has 0 saturated heterocycles. The number of phenols is 1. The van der Waals surface area contributed by atoms with Crippen LogP contribution in [-0.4, -0.2) is 11.1 Å². The van der Waals surface area contributed by atoms with Crippen molar-refractivity contribution in [1.82, 2.24) is 0 Å². The van der Waals surface area contributed by atoms with Crippen molar-refractivity contribution in [3.8, 4) is 11.5 Å². The predicted molar refractivity (Wildman–Crippen MR) is 81.0 cm³/mol. The molecule has 1 atom stereocenters. The Morgan fingerprint density at radius 2 is 2.00 bits per heavy atom. The maximum atomic E-state index is 9.45. The Bertz CT molecular complexity index is 579. The Balaban J connectivity index is 2.12. The van der Waals surface area contributed by atoms with Gasteiger partial charge in [-0.15, -0.1) is 0 Å². The summed E-state index contributed by atoms with van der Waals surface area (Å²) in [5, 5.41) is 9.45. The Morgan fingerprint density at radius 3 is 2.70 bits per heavy atom. The van der Waals surface area contributed by atoms with E-state index in [-0.39, 0.29) is 11.8 Å². The molecule has 2 rings (SSSR count). The van der Waals surface area contributed by atoms with Gasteiger partial charge >= 0.3 is 0 Å². The molecule has 0 saturated carbocycles. The molecule has 3 N–H and O–H groups in total. The lowest BCUT2D eigenvalue weighted by Gasteiger charge is -2.14. The number of hydrogen-bond acceptors (Lipinski definition) is 3. The van der Waals surface area contributed by atoms with E-state index in [1.807, 2.05) is 31.2 Å². The van der Waals surface area contributed by atoms with E-state index in [1.54, 1.807) is 12.1 Å². The lowest BCUT2D eigenvalue weighted by atomic mass is 10.0. The fourth-order valence-electron chi connectivity index (χ4n) is 2.16. The Hall–Kier alpha value is -2.00. The van der Waals surface area contributed by atoms with Gasteiger partial charge in [0.05, 0.1) is 0 Å². The zero-order chi connectivity index (χ0) is 14.5. The summed E-state index contributed by atoms with van der Waals surface area (Å²) in [6.45, 7) is 4.48. The minimum atomic E-state index is 0.0971. The summed E-state index contributed by atoms with van der Waals surface area (Å²) in [5.41, 5.74) is 9.15. The van der Waals surface area contributed by atoms with Crippen LogP contribution in [0.15, 0.2) is 42.5 Å². The zero-order valence-corrected chi connectivity index (χ0v) is 12.0. The molecule has 0 fully saturated rings. The molecular formula is C17H21NO2. The minimum absolute atomic E-state index is 0.0971. The molecular weight excluding hydrogens is 250 g/mol. The van der Waals surface area contributed by atoms with Crippen LogP contribution < -0.4 is 10.5 Å². The quantitative estimate of drug-likeness (QED) is 0.878. The predicted octanol–water partition coefficient (Wildman–Crippen LogP) is 3.17. The average molecular weight is 271 g/mol. The van der Waals surface area contributed by atoms with Gasteiger partial charge in [0.2, 0.25) is 0 Å². The normalized spacial score (nSPS) is 12.2. The van der Waals surface area contributed by atoms with Crippen molar-refractivity contribution in [1.29, 1.82) is 0 Å². The van der Waals surface area contributed by atoms with Crippen LogP contribution in [0.5, 0.6) is 11.5 Å². The lowest BCUT2D eigenvalue weighted by molar-refractivity contribution is 0.301. The average Bonchev–Trinajstić information content (AvgIpc) is 2.37. The Morgan fingerprint density at radius 1 is 1.20 bits per heavy atom. The van der Waals surface area contributed by atoms with Gasteiger partial charge < -0.3 is 15.6 Å². The van der Waals surface area contributed by atoms with E-state index in [0.717, 1.165) is 23.3 Å². The van der Waals surface area contributed by atoms with Gasteiger partial charge in [0.25, 0.3) is 0 Å². The van der Waals surface area contributed by atoms with E-state index < -0.39 is 0 Å². The molecule has 20 heavy (non-hydrogen) atoms. The maximum absolute atomic E-state index is 9.45. The van der Waals surface area contributed by atoms with E-state index >= 15 is 0 Å². The van der Waals surface area contributed by atoms with E-state index in [2.05, 4.69) is 13.0 Å². The smallest absolute Gasteiger partial charge is 0.123 e. The van der Waals surface area contributed by atoms with Crippen molar-refractivity contribution in [3.05, 3.63) is 59.2 Å². The monoisotopic (exact) mass is 271 g/mol. The third kappa shape index (κ3) is 4.00. The van der Waals surface area contributed by atoms with Crippen molar-refractivity contribution < 1.29 is 9.84 Å². The van der Waals surface area contributed by atoms with Gasteiger partial charge in [-0.05, 0) is 49.6 Å². The summed E-state index contributed by atoms with van der Waals surface area (Å²) in [5.74, 6) is 1.11. The van der Waals surface area contributed by atoms with Gasteiger partial charge in [-0.25, -0.2) is 0 Å². The number of ether oxygens (including phenoxy) is 1. The molecule has 0 spiro atoms. The van der Waals surface area contributed by atoms with Gasteiger partial charge in [0.15, 0.2) is 0 Å². The molecule has 0 aliphatic carbocycles. The second kappa shape index (κ2) is 6.44. The Kier molecular flexibility index (Phi) is 4.64. The zero-order valence-electron chi connectivity index (χ0n) is 12.0. The SMILES string of the molecule is Cc1ccc(OCc2cccc(O)c2)c(CC(C)N)c1. The molecule has 1 unspecified atom stereocenters. The molecule has 3 heteroatoms. The highest BCUT2D eigenvalue weighted by molar-refractivity contribution is 5.38. The van der Waals surface area contributed by atoms with Gasteiger partial charge in [-0.3, -0.25) is 0 Å². The van der Waals surface area contributed by atoms with Crippen molar-refractivity contribution >= 4 is 0 Å². The molecule has 0 amide bonds. The van der Waals surface area contributed by atoms with Gasteiger partial charge in [-0.1, -0.05) is 29.8 Å². The molecule has 2 aromatic carbocycles. The molecule has 0 bridgehead atoms. The fraction of sp³-hybridized carbons (Fsp3) is 0.294. The third-order valence-corrected chi connectivity index (χ3v) is 3.06. The number of benzene rings is 2. The molecule has 0 heterocycles. The molecule has 0 radical (unpaired) electrons. The topological polar surface area (TPSA) is 55.5 Å². The van der Waals surface area contributed by atoms with Crippen LogP contribution in [0.1, 0.15) is 23.6 Å². The number of aromatic hydroxyl groups is 1. The molecule has 0 aromatic heterocycles. The second-order valence-electron chi connectivity index (χ2n) is 5.25. The second-order valence-corrected chi connectivity index (χ2v) is 5.25. The summed E-state index contributed by atoms with van der Waals surface area (Å²) in [7, 11) is 0. The largest absolute Gasteiger partial charge is 0.508 e. The lowest BCUT2D eigenvalue weighted by Crippen LogP contribution is -2.18. The number of rotatable bonds is 5. The number of aryl methyl sites for hydroxylation is 1. The first-order chi connectivity index (χ1) is 9.54. The summed E-state index contributed by atoms with van der Waals surface area (Å²) < 4.78 is 5.87. The molecule has 2 aromatic rings. The first kappa shape index (κ1) is 14.4. The fourth-order valence-corrected chi connectivity index (χ4v) is 2.16. The summed E-state index contributed by atoms with van der Waals surface area (Å²) >= 11 is 0. The molecule has 0 aliphatic rings. The van der Waals surface area contributed by atoms with E-state index in [9.17, 15) is 5.11 Å². The van der Waals surface area contributed by atoms with Crippen LogP contribution in [0, 0.1) is 6.92 Å². The summed E-state index contributed by atoms with van der Waals surface area (Å²) in [6.07, 6.45) is 0.789. The van der Waals surface area contributed by atoms with Crippen LogP contribution in [0.2, 0.25) is 0 Å². The van der Waals surface area contributed by atoms with Gasteiger partial charge in [-0.2, -0.15) is 0 Å². The van der Waals surface area contributed by atoms with Crippen LogP contribution in [0.3, 0.4) is 0 Å². The summed E-state index contributed by atoms with van der Waals surface area (Å²) in [4.78, 5) is 0. The van der Waals surface area contributed by atoms with Crippen LogP contribution >= 0.6 is 0 Å². The van der Waals surface area contributed by atoms with E-state index in [4.69, 9.17) is 10.5 Å². The number of hydrogen-bond donors (Lipinski definition) is 2. The molecule has 3 nitrogen and oxygen atoms in total. The highest BCUT2D eigenvalue weighted by Gasteiger charge is 2.07. The molecule has 0 aliphatic heterocycles. The number of nitrogens with two attached hydrogens (primary N) is 1. The molecule has 106 valence electrons. The van der Waals surface area contributed by atoms with Gasteiger partial charge in [0.1, 0.15) is 18.1 Å².